The maximum absolute atomic E-state index is 11.2. The molecule has 1 N–H and O–H groups in total. The minimum absolute atomic E-state index is 0.182. The van der Waals surface area contributed by atoms with E-state index in [1.54, 1.807) is 7.05 Å². The van der Waals surface area contributed by atoms with Crippen molar-refractivity contribution in [3.8, 4) is 0 Å². The molecule has 1 amide bonds. The molecule has 0 heterocycles. The van der Waals surface area contributed by atoms with Crippen LogP contribution >= 0.6 is 0 Å². The molecule has 0 aliphatic heterocycles. The largest absolute Gasteiger partial charge is 0.359 e. The molecule has 0 aromatic carbocycles. The van der Waals surface area contributed by atoms with Crippen LogP contribution in [0.3, 0.4) is 0 Å². The summed E-state index contributed by atoms with van der Waals surface area (Å²) in [6.07, 6.45) is 2.01. The second-order valence-corrected chi connectivity index (χ2v) is 3.01. The third-order valence-electron chi connectivity index (χ3n) is 2.35. The molecule has 0 aromatic rings. The van der Waals surface area contributed by atoms with E-state index in [9.17, 15) is 4.79 Å². The highest BCUT2D eigenvalue weighted by Crippen LogP contribution is 2.18. The van der Waals surface area contributed by atoms with Crippen molar-refractivity contribution in [2.24, 2.45) is 11.8 Å². The molecule has 0 saturated heterocycles. The van der Waals surface area contributed by atoms with Gasteiger partial charge in [0.15, 0.2) is 0 Å². The smallest absolute Gasteiger partial charge is 0.223 e. The number of rotatable bonds is 4. The summed E-state index contributed by atoms with van der Waals surface area (Å²) in [6.45, 7) is 6.31. The van der Waals surface area contributed by atoms with Gasteiger partial charge in [-0.2, -0.15) is 0 Å². The van der Waals surface area contributed by atoms with Gasteiger partial charge in [0, 0.05) is 13.0 Å². The second-order valence-electron chi connectivity index (χ2n) is 3.01. The highest BCUT2D eigenvalue weighted by Gasteiger charge is 2.20. The summed E-state index contributed by atoms with van der Waals surface area (Å²) < 4.78 is 0. The summed E-state index contributed by atoms with van der Waals surface area (Å²) in [4.78, 5) is 11.2. The van der Waals surface area contributed by atoms with E-state index in [0.29, 0.717) is 5.92 Å². The molecule has 0 aliphatic carbocycles. The Hall–Kier alpha value is -0.530. The van der Waals surface area contributed by atoms with Crippen LogP contribution in [0.5, 0.6) is 0 Å². The van der Waals surface area contributed by atoms with E-state index in [1.807, 2.05) is 0 Å². The average Bonchev–Trinajstić information content (AvgIpc) is 2.05. The van der Waals surface area contributed by atoms with Crippen molar-refractivity contribution in [2.45, 2.75) is 33.6 Å². The van der Waals surface area contributed by atoms with Crippen molar-refractivity contribution in [1.82, 2.24) is 5.32 Å². The van der Waals surface area contributed by atoms with Crippen LogP contribution in [0.15, 0.2) is 0 Å². The highest BCUT2D eigenvalue weighted by atomic mass is 16.1. The van der Waals surface area contributed by atoms with Gasteiger partial charge in [0.2, 0.25) is 5.91 Å². The summed E-state index contributed by atoms with van der Waals surface area (Å²) in [5.41, 5.74) is 0. The van der Waals surface area contributed by atoms with Gasteiger partial charge in [-0.1, -0.05) is 27.2 Å². The fourth-order valence-corrected chi connectivity index (χ4v) is 1.32. The lowest BCUT2D eigenvalue weighted by Crippen LogP contribution is -2.31. The molecule has 2 nitrogen and oxygen atoms in total. The summed E-state index contributed by atoms with van der Waals surface area (Å²) in [6, 6.07) is 0. The molecule has 2 unspecified atom stereocenters. The van der Waals surface area contributed by atoms with E-state index in [0.717, 1.165) is 12.8 Å². The van der Waals surface area contributed by atoms with Crippen molar-refractivity contribution >= 4 is 5.91 Å². The number of nitrogens with one attached hydrogen (secondary N) is 1. The third-order valence-corrected chi connectivity index (χ3v) is 2.35. The van der Waals surface area contributed by atoms with Gasteiger partial charge in [-0.05, 0) is 12.3 Å². The Labute approximate surface area is 69.4 Å². The third kappa shape index (κ3) is 2.91. The minimum Gasteiger partial charge on any atom is -0.359 e. The van der Waals surface area contributed by atoms with Gasteiger partial charge in [0.25, 0.3) is 0 Å². The Morgan fingerprint density at radius 1 is 1.36 bits per heavy atom. The fraction of sp³-hybridized carbons (Fsp3) is 0.889. The Bertz CT molecular complexity index is 123. The first-order valence-electron chi connectivity index (χ1n) is 4.38. The summed E-state index contributed by atoms with van der Waals surface area (Å²) in [5, 5.41) is 2.69. The zero-order chi connectivity index (χ0) is 8.85. The van der Waals surface area contributed by atoms with Gasteiger partial charge in [0.05, 0.1) is 0 Å². The van der Waals surface area contributed by atoms with Crippen LogP contribution in [0.2, 0.25) is 0 Å². The van der Waals surface area contributed by atoms with Crippen LogP contribution in [0.1, 0.15) is 33.6 Å². The van der Waals surface area contributed by atoms with Gasteiger partial charge in [-0.15, -0.1) is 0 Å². The number of amides is 1. The van der Waals surface area contributed by atoms with Crippen molar-refractivity contribution < 1.29 is 4.79 Å². The zero-order valence-corrected chi connectivity index (χ0v) is 7.98. The molecule has 0 aliphatic rings. The first-order valence-corrected chi connectivity index (χ1v) is 4.38. The highest BCUT2D eigenvalue weighted by molar-refractivity contribution is 5.78. The summed E-state index contributed by atoms with van der Waals surface area (Å²) in [7, 11) is 1.70. The van der Waals surface area contributed by atoms with Crippen LogP contribution in [-0.4, -0.2) is 13.0 Å². The van der Waals surface area contributed by atoms with Gasteiger partial charge in [-0.25, -0.2) is 0 Å². The molecule has 0 spiro atoms. The van der Waals surface area contributed by atoms with Crippen LogP contribution < -0.4 is 5.32 Å². The lowest BCUT2D eigenvalue weighted by molar-refractivity contribution is -0.126. The molecular formula is C9H19NO. The quantitative estimate of drug-likeness (QED) is 0.662. The van der Waals surface area contributed by atoms with Crippen molar-refractivity contribution in [1.29, 1.82) is 0 Å². The molecule has 0 rings (SSSR count). The Morgan fingerprint density at radius 2 is 1.91 bits per heavy atom. The van der Waals surface area contributed by atoms with Crippen molar-refractivity contribution in [3.05, 3.63) is 0 Å². The molecule has 0 bridgehead atoms. The van der Waals surface area contributed by atoms with E-state index in [4.69, 9.17) is 0 Å². The Morgan fingerprint density at radius 3 is 2.18 bits per heavy atom. The van der Waals surface area contributed by atoms with Gasteiger partial charge in [0.1, 0.15) is 0 Å². The van der Waals surface area contributed by atoms with E-state index in [-0.39, 0.29) is 11.8 Å². The molecule has 0 aromatic heterocycles. The van der Waals surface area contributed by atoms with Crippen LogP contribution in [-0.2, 0) is 4.79 Å². The predicted octanol–water partition coefficient (Wildman–Crippen LogP) is 1.80. The van der Waals surface area contributed by atoms with Crippen LogP contribution in [0.4, 0.5) is 0 Å². The lowest BCUT2D eigenvalue weighted by atomic mass is 9.89. The molecule has 2 atom stereocenters. The van der Waals surface area contributed by atoms with Crippen molar-refractivity contribution in [3.63, 3.8) is 0 Å². The van der Waals surface area contributed by atoms with Gasteiger partial charge in [-0.3, -0.25) is 4.79 Å². The molecule has 0 fully saturated rings. The first-order chi connectivity index (χ1) is 5.17. The molecular weight excluding hydrogens is 138 g/mol. The Kier molecular flexibility index (Phi) is 4.92. The lowest BCUT2D eigenvalue weighted by Gasteiger charge is -2.19. The normalized spacial score (nSPS) is 15.6. The summed E-state index contributed by atoms with van der Waals surface area (Å²) in [5.74, 6) is 0.881. The predicted molar refractivity (Wildman–Crippen MR) is 47.3 cm³/mol. The molecule has 0 saturated carbocycles. The number of hydrogen-bond acceptors (Lipinski definition) is 1. The second kappa shape index (κ2) is 5.16. The molecule has 66 valence electrons. The average molecular weight is 157 g/mol. The first kappa shape index (κ1) is 10.5. The van der Waals surface area contributed by atoms with E-state index >= 15 is 0 Å². The standard InChI is InChI=1S/C9H19NO/c1-5-7(3)8(6-2)9(11)10-4/h7-8H,5-6H2,1-4H3,(H,10,11). The maximum Gasteiger partial charge on any atom is 0.223 e. The van der Waals surface area contributed by atoms with Crippen LogP contribution in [0, 0.1) is 11.8 Å². The molecule has 0 radical (unpaired) electrons. The van der Waals surface area contributed by atoms with E-state index < -0.39 is 0 Å². The van der Waals surface area contributed by atoms with Crippen molar-refractivity contribution in [2.75, 3.05) is 7.05 Å². The molecule has 2 heteroatoms. The van der Waals surface area contributed by atoms with E-state index in [2.05, 4.69) is 26.1 Å². The molecule has 11 heavy (non-hydrogen) atoms. The summed E-state index contributed by atoms with van der Waals surface area (Å²) >= 11 is 0. The number of hydrogen-bond donors (Lipinski definition) is 1. The number of carbonyl (C=O) groups excluding carboxylic acids is 1. The Balaban J connectivity index is 4.03. The zero-order valence-electron chi connectivity index (χ0n) is 7.98. The van der Waals surface area contributed by atoms with Crippen LogP contribution in [0.25, 0.3) is 0 Å². The topological polar surface area (TPSA) is 29.1 Å². The fourth-order valence-electron chi connectivity index (χ4n) is 1.32. The van der Waals surface area contributed by atoms with Gasteiger partial charge >= 0.3 is 0 Å². The maximum atomic E-state index is 11.2. The van der Waals surface area contributed by atoms with Gasteiger partial charge < -0.3 is 5.32 Å². The monoisotopic (exact) mass is 157 g/mol. The SMILES string of the molecule is CCC(C)C(CC)C(=O)NC. The number of carbonyl (C=O) groups is 1. The minimum atomic E-state index is 0.182. The van der Waals surface area contributed by atoms with E-state index in [1.165, 1.54) is 0 Å².